The molecule has 0 N–H and O–H groups in total. The number of rotatable bonds is 4. The zero-order valence-electron chi connectivity index (χ0n) is 13.6. The normalized spacial score (nSPS) is 11.0. The maximum atomic E-state index is 12.7. The van der Waals surface area contributed by atoms with Crippen molar-refractivity contribution in [2.24, 2.45) is 7.05 Å². The Kier molecular flexibility index (Phi) is 4.16. The standard InChI is InChI=1S/C15H23N5O/c1-7-20-12(4)14(10(2)17-20)15(21)18(5)9-13-8-16-19(6)11(13)3/h8H,7,9H2,1-6H3. The summed E-state index contributed by atoms with van der Waals surface area (Å²) >= 11 is 0. The third-order valence-electron chi connectivity index (χ3n) is 3.99. The summed E-state index contributed by atoms with van der Waals surface area (Å²) in [6.45, 7) is 9.18. The molecular weight excluding hydrogens is 266 g/mol. The molecule has 0 aromatic carbocycles. The van der Waals surface area contributed by atoms with E-state index in [1.807, 2.05) is 57.4 Å². The van der Waals surface area contributed by atoms with E-state index >= 15 is 0 Å². The molecule has 0 unspecified atom stereocenters. The minimum Gasteiger partial charge on any atom is -0.337 e. The van der Waals surface area contributed by atoms with Crippen LogP contribution in [0.2, 0.25) is 0 Å². The summed E-state index contributed by atoms with van der Waals surface area (Å²) in [5.41, 5.74) is 4.56. The van der Waals surface area contributed by atoms with Crippen molar-refractivity contribution in [3.63, 3.8) is 0 Å². The van der Waals surface area contributed by atoms with Gasteiger partial charge in [-0.25, -0.2) is 0 Å². The lowest BCUT2D eigenvalue weighted by Crippen LogP contribution is -2.27. The Morgan fingerprint density at radius 3 is 2.43 bits per heavy atom. The largest absolute Gasteiger partial charge is 0.337 e. The van der Waals surface area contributed by atoms with Crippen molar-refractivity contribution in [3.05, 3.63) is 34.4 Å². The summed E-state index contributed by atoms with van der Waals surface area (Å²) in [6.07, 6.45) is 1.81. The SMILES string of the molecule is CCn1nc(C)c(C(=O)N(C)Cc2cnn(C)c2C)c1C. The summed E-state index contributed by atoms with van der Waals surface area (Å²) in [6, 6.07) is 0. The minimum atomic E-state index is 0.00736. The molecule has 6 nitrogen and oxygen atoms in total. The van der Waals surface area contributed by atoms with Gasteiger partial charge >= 0.3 is 0 Å². The van der Waals surface area contributed by atoms with Crippen molar-refractivity contribution in [2.45, 2.75) is 40.8 Å². The van der Waals surface area contributed by atoms with Gasteiger partial charge in [0, 0.05) is 44.1 Å². The number of amides is 1. The zero-order chi connectivity index (χ0) is 15.7. The first kappa shape index (κ1) is 15.3. The summed E-state index contributed by atoms with van der Waals surface area (Å²) in [5, 5.41) is 8.63. The molecule has 0 bridgehead atoms. The molecule has 21 heavy (non-hydrogen) atoms. The maximum absolute atomic E-state index is 12.7. The second-order valence-electron chi connectivity index (χ2n) is 5.40. The van der Waals surface area contributed by atoms with Gasteiger partial charge in [-0.2, -0.15) is 10.2 Å². The Morgan fingerprint density at radius 1 is 1.29 bits per heavy atom. The highest BCUT2D eigenvalue weighted by Gasteiger charge is 2.22. The van der Waals surface area contributed by atoms with Crippen LogP contribution < -0.4 is 0 Å². The number of hydrogen-bond acceptors (Lipinski definition) is 3. The van der Waals surface area contributed by atoms with E-state index in [4.69, 9.17) is 0 Å². The fraction of sp³-hybridized carbons (Fsp3) is 0.533. The van der Waals surface area contributed by atoms with Crippen LogP contribution in [0.25, 0.3) is 0 Å². The quantitative estimate of drug-likeness (QED) is 0.863. The molecule has 6 heteroatoms. The average molecular weight is 289 g/mol. The van der Waals surface area contributed by atoms with Crippen LogP contribution in [0, 0.1) is 20.8 Å². The first-order valence-electron chi connectivity index (χ1n) is 7.13. The van der Waals surface area contributed by atoms with Crippen LogP contribution in [-0.4, -0.2) is 37.4 Å². The van der Waals surface area contributed by atoms with Gasteiger partial charge in [-0.15, -0.1) is 0 Å². The van der Waals surface area contributed by atoms with Crippen LogP contribution in [0.3, 0.4) is 0 Å². The molecule has 0 spiro atoms. The molecule has 0 fully saturated rings. The molecule has 1 amide bonds. The van der Waals surface area contributed by atoms with E-state index in [0.717, 1.165) is 29.2 Å². The monoisotopic (exact) mass is 289 g/mol. The summed E-state index contributed by atoms with van der Waals surface area (Å²) < 4.78 is 3.69. The first-order chi connectivity index (χ1) is 9.86. The van der Waals surface area contributed by atoms with E-state index < -0.39 is 0 Å². The Bertz CT molecular complexity index is 668. The predicted octanol–water partition coefficient (Wildman–Crippen LogP) is 1.83. The summed E-state index contributed by atoms with van der Waals surface area (Å²) in [7, 11) is 3.72. The molecule has 2 rings (SSSR count). The van der Waals surface area contributed by atoms with Gasteiger partial charge in [0.2, 0.25) is 0 Å². The number of aromatic nitrogens is 4. The molecule has 2 aromatic heterocycles. The molecule has 0 aliphatic carbocycles. The number of carbonyl (C=O) groups excluding carboxylic acids is 1. The van der Waals surface area contributed by atoms with Gasteiger partial charge in [0.25, 0.3) is 5.91 Å². The van der Waals surface area contributed by atoms with Crippen LogP contribution >= 0.6 is 0 Å². The number of hydrogen-bond donors (Lipinski definition) is 0. The fourth-order valence-electron chi connectivity index (χ4n) is 2.53. The van der Waals surface area contributed by atoms with Crippen LogP contribution in [0.4, 0.5) is 0 Å². The van der Waals surface area contributed by atoms with Gasteiger partial charge in [-0.05, 0) is 27.7 Å². The lowest BCUT2D eigenvalue weighted by molar-refractivity contribution is 0.0783. The van der Waals surface area contributed by atoms with Crippen LogP contribution in [-0.2, 0) is 20.1 Å². The lowest BCUT2D eigenvalue weighted by Gasteiger charge is -2.17. The van der Waals surface area contributed by atoms with Crippen molar-refractivity contribution in [2.75, 3.05) is 7.05 Å². The van der Waals surface area contributed by atoms with E-state index in [1.54, 1.807) is 4.90 Å². The Balaban J connectivity index is 2.24. The van der Waals surface area contributed by atoms with Gasteiger partial charge in [0.05, 0.1) is 17.5 Å². The van der Waals surface area contributed by atoms with E-state index in [-0.39, 0.29) is 5.91 Å². The average Bonchev–Trinajstić information content (AvgIpc) is 2.91. The second-order valence-corrected chi connectivity index (χ2v) is 5.40. The maximum Gasteiger partial charge on any atom is 0.257 e. The van der Waals surface area contributed by atoms with E-state index in [9.17, 15) is 4.79 Å². The molecule has 0 atom stereocenters. The molecule has 0 saturated heterocycles. The fourth-order valence-corrected chi connectivity index (χ4v) is 2.53. The van der Waals surface area contributed by atoms with E-state index in [1.165, 1.54) is 0 Å². The predicted molar refractivity (Wildman–Crippen MR) is 81.1 cm³/mol. The lowest BCUT2D eigenvalue weighted by atomic mass is 10.1. The Hall–Kier alpha value is -2.11. The van der Waals surface area contributed by atoms with Gasteiger partial charge in [0.1, 0.15) is 0 Å². The first-order valence-corrected chi connectivity index (χ1v) is 7.13. The molecule has 2 heterocycles. The molecule has 0 aliphatic rings. The number of nitrogens with zero attached hydrogens (tertiary/aromatic N) is 5. The summed E-state index contributed by atoms with van der Waals surface area (Å²) in [4.78, 5) is 14.4. The molecule has 0 aliphatic heterocycles. The van der Waals surface area contributed by atoms with Crippen LogP contribution in [0.15, 0.2) is 6.20 Å². The van der Waals surface area contributed by atoms with Crippen molar-refractivity contribution >= 4 is 5.91 Å². The molecule has 0 radical (unpaired) electrons. The highest BCUT2D eigenvalue weighted by molar-refractivity contribution is 5.96. The van der Waals surface area contributed by atoms with Gasteiger partial charge < -0.3 is 4.90 Å². The van der Waals surface area contributed by atoms with Crippen molar-refractivity contribution in [3.8, 4) is 0 Å². The Morgan fingerprint density at radius 2 is 1.95 bits per heavy atom. The van der Waals surface area contributed by atoms with Crippen LogP contribution in [0.1, 0.15) is 39.9 Å². The molecular formula is C15H23N5O. The van der Waals surface area contributed by atoms with Gasteiger partial charge in [-0.3, -0.25) is 14.2 Å². The Labute approximate surface area is 125 Å². The van der Waals surface area contributed by atoms with Crippen molar-refractivity contribution < 1.29 is 4.79 Å². The van der Waals surface area contributed by atoms with Crippen molar-refractivity contribution in [1.29, 1.82) is 0 Å². The minimum absolute atomic E-state index is 0.00736. The van der Waals surface area contributed by atoms with Crippen LogP contribution in [0.5, 0.6) is 0 Å². The second kappa shape index (κ2) is 5.71. The smallest absolute Gasteiger partial charge is 0.257 e. The third kappa shape index (κ3) is 2.70. The van der Waals surface area contributed by atoms with Gasteiger partial charge in [0.15, 0.2) is 0 Å². The molecule has 114 valence electrons. The van der Waals surface area contributed by atoms with E-state index in [0.29, 0.717) is 12.1 Å². The summed E-state index contributed by atoms with van der Waals surface area (Å²) in [5.74, 6) is 0.00736. The highest BCUT2D eigenvalue weighted by Crippen LogP contribution is 2.17. The molecule has 0 saturated carbocycles. The number of carbonyl (C=O) groups is 1. The topological polar surface area (TPSA) is 56.0 Å². The van der Waals surface area contributed by atoms with E-state index in [2.05, 4.69) is 10.2 Å². The third-order valence-corrected chi connectivity index (χ3v) is 3.99. The van der Waals surface area contributed by atoms with Crippen molar-refractivity contribution in [1.82, 2.24) is 24.5 Å². The number of aryl methyl sites for hydroxylation is 3. The zero-order valence-corrected chi connectivity index (χ0v) is 13.6. The highest BCUT2D eigenvalue weighted by atomic mass is 16.2. The molecule has 2 aromatic rings. The van der Waals surface area contributed by atoms with Gasteiger partial charge in [-0.1, -0.05) is 0 Å².